The van der Waals surface area contributed by atoms with Crippen LogP contribution in [0.5, 0.6) is 0 Å². The molecule has 2 amide bonds. The summed E-state index contributed by atoms with van der Waals surface area (Å²) in [6.45, 7) is 0.253. The highest BCUT2D eigenvalue weighted by molar-refractivity contribution is 5.91. The molecule has 0 unspecified atom stereocenters. The van der Waals surface area contributed by atoms with Crippen molar-refractivity contribution in [2.45, 2.75) is 12.5 Å². The maximum absolute atomic E-state index is 12.4. The number of amides is 2. The van der Waals surface area contributed by atoms with Gasteiger partial charge >= 0.3 is 0 Å². The Balaban J connectivity index is 1.53. The molecule has 3 aromatic rings. The van der Waals surface area contributed by atoms with Gasteiger partial charge in [0.25, 0.3) is 0 Å². The summed E-state index contributed by atoms with van der Waals surface area (Å²) in [4.78, 5) is 24.2. The summed E-state index contributed by atoms with van der Waals surface area (Å²) >= 11 is 0. The van der Waals surface area contributed by atoms with Gasteiger partial charge in [0.15, 0.2) is 0 Å². The standard InChI is InChI=1S/C23H22N2O3/c26-21(14-13-20-12-7-17-28-20)24-16-15-22(27)25-23(18-8-3-1-4-9-18)19-10-5-2-6-11-19/h1-14,17,23H,15-16H2,(H,24,26)(H,25,27)/b14-13+. The summed E-state index contributed by atoms with van der Waals surface area (Å²) in [5, 5.41) is 5.76. The molecule has 0 saturated heterocycles. The minimum Gasteiger partial charge on any atom is -0.465 e. The van der Waals surface area contributed by atoms with E-state index in [2.05, 4.69) is 10.6 Å². The van der Waals surface area contributed by atoms with Crippen LogP contribution in [0.4, 0.5) is 0 Å². The van der Waals surface area contributed by atoms with E-state index in [9.17, 15) is 9.59 Å². The third kappa shape index (κ3) is 5.71. The molecule has 3 rings (SSSR count). The number of furan rings is 1. The zero-order valence-electron chi connectivity index (χ0n) is 15.4. The molecule has 1 aromatic heterocycles. The average molecular weight is 374 g/mol. The Kier molecular flexibility index (Phi) is 6.79. The topological polar surface area (TPSA) is 71.3 Å². The highest BCUT2D eigenvalue weighted by atomic mass is 16.3. The van der Waals surface area contributed by atoms with Gasteiger partial charge in [0, 0.05) is 19.0 Å². The number of rotatable bonds is 8. The van der Waals surface area contributed by atoms with Crippen molar-refractivity contribution < 1.29 is 14.0 Å². The SMILES string of the molecule is O=C(/C=C/c1ccco1)NCCC(=O)NC(c1ccccc1)c1ccccc1. The molecule has 142 valence electrons. The van der Waals surface area contributed by atoms with Gasteiger partial charge in [0.2, 0.25) is 11.8 Å². The molecule has 28 heavy (non-hydrogen) atoms. The van der Waals surface area contributed by atoms with Crippen LogP contribution in [0.25, 0.3) is 6.08 Å². The van der Waals surface area contributed by atoms with Crippen molar-refractivity contribution in [2.75, 3.05) is 6.54 Å². The largest absolute Gasteiger partial charge is 0.465 e. The Morgan fingerprint density at radius 2 is 1.54 bits per heavy atom. The van der Waals surface area contributed by atoms with Crippen LogP contribution in [0, 0.1) is 0 Å². The summed E-state index contributed by atoms with van der Waals surface area (Å²) in [6, 6.07) is 22.9. The van der Waals surface area contributed by atoms with E-state index in [1.165, 1.54) is 12.3 Å². The highest BCUT2D eigenvalue weighted by Crippen LogP contribution is 2.21. The second-order valence-corrected chi connectivity index (χ2v) is 6.21. The zero-order chi connectivity index (χ0) is 19.6. The molecule has 0 bridgehead atoms. The third-order valence-corrected chi connectivity index (χ3v) is 4.16. The first-order valence-corrected chi connectivity index (χ1v) is 9.11. The lowest BCUT2D eigenvalue weighted by Gasteiger charge is -2.20. The molecule has 0 spiro atoms. The van der Waals surface area contributed by atoms with Gasteiger partial charge in [-0.15, -0.1) is 0 Å². The molecule has 0 aliphatic heterocycles. The van der Waals surface area contributed by atoms with Crippen molar-refractivity contribution >= 4 is 17.9 Å². The molecule has 1 heterocycles. The Morgan fingerprint density at radius 3 is 2.11 bits per heavy atom. The van der Waals surface area contributed by atoms with Gasteiger partial charge in [0.1, 0.15) is 5.76 Å². The predicted molar refractivity (Wildman–Crippen MR) is 108 cm³/mol. The fourth-order valence-electron chi connectivity index (χ4n) is 2.79. The van der Waals surface area contributed by atoms with E-state index in [4.69, 9.17) is 4.42 Å². The summed E-state index contributed by atoms with van der Waals surface area (Å²) in [7, 11) is 0. The molecule has 0 aliphatic carbocycles. The quantitative estimate of drug-likeness (QED) is 0.591. The van der Waals surface area contributed by atoms with Crippen molar-refractivity contribution in [3.8, 4) is 0 Å². The lowest BCUT2D eigenvalue weighted by Crippen LogP contribution is -2.33. The van der Waals surface area contributed by atoms with Crippen LogP contribution in [0.3, 0.4) is 0 Å². The normalized spacial score (nSPS) is 10.9. The van der Waals surface area contributed by atoms with Crippen molar-refractivity contribution in [3.05, 3.63) is 102 Å². The third-order valence-electron chi connectivity index (χ3n) is 4.16. The molecular weight excluding hydrogens is 352 g/mol. The van der Waals surface area contributed by atoms with E-state index in [0.29, 0.717) is 5.76 Å². The van der Waals surface area contributed by atoms with E-state index in [1.54, 1.807) is 18.2 Å². The molecular formula is C23H22N2O3. The van der Waals surface area contributed by atoms with Crippen LogP contribution in [0.15, 0.2) is 89.6 Å². The first-order valence-electron chi connectivity index (χ1n) is 9.11. The second kappa shape index (κ2) is 9.92. The fraction of sp³-hybridized carbons (Fsp3) is 0.130. The number of carbonyl (C=O) groups excluding carboxylic acids is 2. The van der Waals surface area contributed by atoms with E-state index in [0.717, 1.165) is 11.1 Å². The number of benzene rings is 2. The van der Waals surface area contributed by atoms with Gasteiger partial charge in [-0.25, -0.2) is 0 Å². The van der Waals surface area contributed by atoms with Gasteiger partial charge in [-0.3, -0.25) is 9.59 Å². The minimum atomic E-state index is -0.271. The Hall–Kier alpha value is -3.60. The van der Waals surface area contributed by atoms with Gasteiger partial charge in [0.05, 0.1) is 12.3 Å². The predicted octanol–water partition coefficient (Wildman–Crippen LogP) is 3.70. The summed E-state index contributed by atoms with van der Waals surface area (Å²) < 4.78 is 5.12. The molecule has 0 atom stereocenters. The van der Waals surface area contributed by atoms with Crippen molar-refractivity contribution in [1.29, 1.82) is 0 Å². The first-order chi connectivity index (χ1) is 13.7. The lowest BCUT2D eigenvalue weighted by atomic mass is 9.98. The van der Waals surface area contributed by atoms with Crippen LogP contribution in [-0.2, 0) is 9.59 Å². The molecule has 0 fully saturated rings. The monoisotopic (exact) mass is 374 g/mol. The summed E-state index contributed by atoms with van der Waals surface area (Å²) in [5.41, 5.74) is 2.01. The van der Waals surface area contributed by atoms with Crippen LogP contribution >= 0.6 is 0 Å². The highest BCUT2D eigenvalue weighted by Gasteiger charge is 2.16. The van der Waals surface area contributed by atoms with Gasteiger partial charge in [-0.2, -0.15) is 0 Å². The number of carbonyl (C=O) groups is 2. The average Bonchev–Trinajstić information content (AvgIpc) is 3.25. The number of hydrogen-bond donors (Lipinski definition) is 2. The van der Waals surface area contributed by atoms with Crippen LogP contribution < -0.4 is 10.6 Å². The fourth-order valence-corrected chi connectivity index (χ4v) is 2.79. The number of hydrogen-bond acceptors (Lipinski definition) is 3. The zero-order valence-corrected chi connectivity index (χ0v) is 15.4. The van der Waals surface area contributed by atoms with Crippen molar-refractivity contribution in [3.63, 3.8) is 0 Å². The number of nitrogens with one attached hydrogen (secondary N) is 2. The van der Waals surface area contributed by atoms with Gasteiger partial charge < -0.3 is 15.1 Å². The minimum absolute atomic E-state index is 0.131. The molecule has 0 aliphatic rings. The lowest BCUT2D eigenvalue weighted by molar-refractivity contribution is -0.121. The molecule has 2 N–H and O–H groups in total. The molecule has 5 heteroatoms. The van der Waals surface area contributed by atoms with Gasteiger partial charge in [-0.05, 0) is 29.3 Å². The molecule has 0 radical (unpaired) electrons. The maximum atomic E-state index is 12.4. The smallest absolute Gasteiger partial charge is 0.244 e. The Morgan fingerprint density at radius 1 is 0.893 bits per heavy atom. The van der Waals surface area contributed by atoms with E-state index < -0.39 is 0 Å². The second-order valence-electron chi connectivity index (χ2n) is 6.21. The van der Waals surface area contributed by atoms with Crippen molar-refractivity contribution in [1.82, 2.24) is 10.6 Å². The van der Waals surface area contributed by atoms with E-state index in [1.807, 2.05) is 60.7 Å². The Bertz CT molecular complexity index is 864. The van der Waals surface area contributed by atoms with Crippen LogP contribution in [-0.4, -0.2) is 18.4 Å². The first kappa shape index (κ1) is 19.2. The maximum Gasteiger partial charge on any atom is 0.244 e. The van der Waals surface area contributed by atoms with E-state index in [-0.39, 0.29) is 30.8 Å². The molecule has 0 saturated carbocycles. The molecule has 2 aromatic carbocycles. The Labute approximate surface area is 164 Å². The van der Waals surface area contributed by atoms with E-state index >= 15 is 0 Å². The molecule has 5 nitrogen and oxygen atoms in total. The van der Waals surface area contributed by atoms with Crippen LogP contribution in [0.1, 0.15) is 29.3 Å². The van der Waals surface area contributed by atoms with Crippen LogP contribution in [0.2, 0.25) is 0 Å². The van der Waals surface area contributed by atoms with Crippen molar-refractivity contribution in [2.24, 2.45) is 0 Å². The summed E-state index contributed by atoms with van der Waals surface area (Å²) in [5.74, 6) is 0.196. The van der Waals surface area contributed by atoms with Gasteiger partial charge in [-0.1, -0.05) is 60.7 Å². The summed E-state index contributed by atoms with van der Waals surface area (Å²) in [6.07, 6.45) is 4.69.